The van der Waals surface area contributed by atoms with Crippen molar-refractivity contribution in [3.05, 3.63) is 64.7 Å². The van der Waals surface area contributed by atoms with Gasteiger partial charge in [0.25, 0.3) is 0 Å². The Morgan fingerprint density at radius 2 is 1.57 bits per heavy atom. The van der Waals surface area contributed by atoms with Gasteiger partial charge in [0.2, 0.25) is 5.91 Å². The summed E-state index contributed by atoms with van der Waals surface area (Å²) in [6.07, 6.45) is -3.01. The number of halogens is 6. The highest BCUT2D eigenvalue weighted by atomic mass is 19.4. The Morgan fingerprint density at radius 3 is 2.23 bits per heavy atom. The fourth-order valence-corrected chi connectivity index (χ4v) is 7.74. The molecule has 3 aliphatic rings. The zero-order chi connectivity index (χ0) is 33.8. The average molecular weight is 668 g/mol. The number of alkyl halides is 6. The molecule has 0 N–H and O–H groups in total. The van der Waals surface area contributed by atoms with E-state index in [1.165, 1.54) is 25.3 Å². The van der Waals surface area contributed by atoms with Gasteiger partial charge in [0, 0.05) is 24.5 Å². The van der Waals surface area contributed by atoms with Gasteiger partial charge in [-0.05, 0) is 127 Å². The van der Waals surface area contributed by atoms with Crippen LogP contribution in [0.15, 0.2) is 42.5 Å². The summed E-state index contributed by atoms with van der Waals surface area (Å²) < 4.78 is 89.2. The van der Waals surface area contributed by atoms with Crippen LogP contribution in [0.25, 0.3) is 0 Å². The summed E-state index contributed by atoms with van der Waals surface area (Å²) in [5.74, 6) is 0.479. The maximum Gasteiger partial charge on any atom is 0.417 e. The van der Waals surface area contributed by atoms with Gasteiger partial charge in [-0.3, -0.25) is 4.79 Å². The summed E-state index contributed by atoms with van der Waals surface area (Å²) >= 11 is 0. The second kappa shape index (κ2) is 14.8. The molecule has 0 aliphatic carbocycles. The molecule has 0 bridgehead atoms. The van der Waals surface area contributed by atoms with Gasteiger partial charge in [0.15, 0.2) is 0 Å². The second-order valence-electron chi connectivity index (χ2n) is 13.9. The molecule has 1 unspecified atom stereocenters. The van der Waals surface area contributed by atoms with E-state index in [1.54, 1.807) is 4.90 Å². The molecule has 3 saturated heterocycles. The molecule has 5 nitrogen and oxygen atoms in total. The number of piperidine rings is 3. The Kier molecular flexibility index (Phi) is 11.2. The van der Waals surface area contributed by atoms with Crippen molar-refractivity contribution in [2.45, 2.75) is 102 Å². The highest BCUT2D eigenvalue weighted by Gasteiger charge is 2.46. The van der Waals surface area contributed by atoms with Gasteiger partial charge in [-0.25, -0.2) is 0 Å². The minimum atomic E-state index is -5.17. The van der Waals surface area contributed by atoms with Crippen LogP contribution in [0.2, 0.25) is 0 Å². The molecule has 260 valence electrons. The first-order chi connectivity index (χ1) is 22.2. The van der Waals surface area contributed by atoms with Crippen molar-refractivity contribution in [2.75, 3.05) is 45.8 Å². The molecule has 3 fully saturated rings. The minimum absolute atomic E-state index is 0.0375. The topological polar surface area (TPSA) is 36.0 Å². The molecule has 1 amide bonds. The van der Waals surface area contributed by atoms with E-state index in [4.69, 9.17) is 4.74 Å². The van der Waals surface area contributed by atoms with Gasteiger partial charge in [0.05, 0.1) is 23.7 Å². The highest BCUT2D eigenvalue weighted by molar-refractivity contribution is 5.79. The lowest BCUT2D eigenvalue weighted by Gasteiger charge is -2.46. The minimum Gasteiger partial charge on any atom is -0.491 e. The predicted molar refractivity (Wildman–Crippen MR) is 169 cm³/mol. The molecular weight excluding hydrogens is 620 g/mol. The van der Waals surface area contributed by atoms with E-state index in [9.17, 15) is 31.1 Å². The molecule has 3 heterocycles. The van der Waals surface area contributed by atoms with E-state index in [0.717, 1.165) is 44.6 Å². The normalized spacial score (nSPS) is 22.5. The Bertz CT molecular complexity index is 1350. The van der Waals surface area contributed by atoms with Crippen molar-refractivity contribution in [3.8, 4) is 5.75 Å². The van der Waals surface area contributed by atoms with Gasteiger partial charge in [-0.2, -0.15) is 26.3 Å². The van der Waals surface area contributed by atoms with E-state index in [0.29, 0.717) is 56.3 Å². The maximum atomic E-state index is 14.1. The Labute approximate surface area is 274 Å². The molecule has 0 aromatic heterocycles. The first-order valence-corrected chi connectivity index (χ1v) is 17.0. The molecule has 1 atom stereocenters. The lowest BCUT2D eigenvalue weighted by atomic mass is 9.70. The van der Waals surface area contributed by atoms with Gasteiger partial charge in [-0.15, -0.1) is 0 Å². The third kappa shape index (κ3) is 9.02. The third-order valence-electron chi connectivity index (χ3n) is 10.2. The van der Waals surface area contributed by atoms with E-state index in [1.807, 2.05) is 38.1 Å². The van der Waals surface area contributed by atoms with Crippen molar-refractivity contribution in [1.82, 2.24) is 14.7 Å². The molecule has 0 radical (unpaired) electrons. The fourth-order valence-electron chi connectivity index (χ4n) is 7.74. The van der Waals surface area contributed by atoms with Crippen LogP contribution in [0.1, 0.15) is 87.5 Å². The molecule has 0 spiro atoms. The number of carbonyl (C=O) groups is 1. The second-order valence-corrected chi connectivity index (χ2v) is 13.9. The van der Waals surface area contributed by atoms with Gasteiger partial charge >= 0.3 is 12.4 Å². The largest absolute Gasteiger partial charge is 0.491 e. The molecule has 47 heavy (non-hydrogen) atoms. The van der Waals surface area contributed by atoms with E-state index >= 15 is 0 Å². The SMILES string of the molecule is CC(C)Oc1cccc(CC(=O)N2CCCC(CCN3CCC(N4CCCCC4)CC3)(c3ccc(C(F)(F)F)c(C(F)(F)F)c3)C2)c1. The van der Waals surface area contributed by atoms with Crippen molar-refractivity contribution in [3.63, 3.8) is 0 Å². The fraction of sp³-hybridized carbons (Fsp3) is 0.639. The van der Waals surface area contributed by atoms with E-state index in [-0.39, 0.29) is 30.5 Å². The third-order valence-corrected chi connectivity index (χ3v) is 10.2. The van der Waals surface area contributed by atoms with E-state index < -0.39 is 28.9 Å². The number of likely N-dealkylation sites (tertiary alicyclic amines) is 3. The molecular formula is C36H47F6N3O2. The highest BCUT2D eigenvalue weighted by Crippen LogP contribution is 2.45. The van der Waals surface area contributed by atoms with Crippen LogP contribution in [0.5, 0.6) is 5.75 Å². The van der Waals surface area contributed by atoms with Crippen LogP contribution in [0, 0.1) is 0 Å². The number of ether oxygens (including phenoxy) is 1. The van der Waals surface area contributed by atoms with Gasteiger partial charge in [-0.1, -0.05) is 24.6 Å². The number of carbonyl (C=O) groups excluding carboxylic acids is 1. The number of hydrogen-bond acceptors (Lipinski definition) is 4. The van der Waals surface area contributed by atoms with Gasteiger partial charge < -0.3 is 19.4 Å². The van der Waals surface area contributed by atoms with Crippen LogP contribution in [0.3, 0.4) is 0 Å². The van der Waals surface area contributed by atoms with Crippen LogP contribution in [0.4, 0.5) is 26.3 Å². The van der Waals surface area contributed by atoms with Crippen molar-refractivity contribution in [2.24, 2.45) is 0 Å². The summed E-state index contributed by atoms with van der Waals surface area (Å²) in [7, 11) is 0. The maximum absolute atomic E-state index is 14.1. The lowest BCUT2D eigenvalue weighted by molar-refractivity contribution is -0.162. The smallest absolute Gasteiger partial charge is 0.417 e. The monoisotopic (exact) mass is 667 g/mol. The number of benzene rings is 2. The van der Waals surface area contributed by atoms with Crippen LogP contribution < -0.4 is 4.74 Å². The first-order valence-electron chi connectivity index (χ1n) is 17.0. The Morgan fingerprint density at radius 1 is 0.872 bits per heavy atom. The number of rotatable bonds is 9. The number of hydrogen-bond donors (Lipinski definition) is 0. The lowest BCUT2D eigenvalue weighted by Crippen LogP contribution is -2.51. The quantitative estimate of drug-likeness (QED) is 0.255. The van der Waals surface area contributed by atoms with Crippen LogP contribution >= 0.6 is 0 Å². The van der Waals surface area contributed by atoms with Crippen LogP contribution in [-0.4, -0.2) is 78.6 Å². The summed E-state index contributed by atoms with van der Waals surface area (Å²) in [6.45, 7) is 9.01. The standard InChI is InChI=1S/C36H47F6N3O2/c1-26(2)47-30-9-6-8-27(22-30)23-33(46)45-18-7-14-34(25-45,28-10-11-31(35(37,38)39)32(24-28)36(40,41)42)15-21-43-19-12-29(13-20-43)44-16-4-3-5-17-44/h6,8-11,22,24,26,29H,3-5,7,12-21,23,25H2,1-2H3. The molecule has 0 saturated carbocycles. The molecule has 3 aliphatic heterocycles. The zero-order valence-electron chi connectivity index (χ0n) is 27.4. The predicted octanol–water partition coefficient (Wildman–Crippen LogP) is 7.95. The summed E-state index contributed by atoms with van der Waals surface area (Å²) in [5, 5.41) is 0. The zero-order valence-corrected chi connectivity index (χ0v) is 27.4. The number of nitrogens with zero attached hydrogens (tertiary/aromatic N) is 3. The molecule has 2 aromatic carbocycles. The average Bonchev–Trinajstić information content (AvgIpc) is 3.03. The van der Waals surface area contributed by atoms with Crippen molar-refractivity contribution in [1.29, 1.82) is 0 Å². The summed E-state index contributed by atoms with van der Waals surface area (Å²) in [6, 6.07) is 10.3. The Balaban J connectivity index is 1.38. The first kappa shape index (κ1) is 35.5. The van der Waals surface area contributed by atoms with E-state index in [2.05, 4.69) is 9.80 Å². The molecule has 5 rings (SSSR count). The Hall–Kier alpha value is -2.79. The van der Waals surface area contributed by atoms with Crippen molar-refractivity contribution >= 4 is 5.91 Å². The van der Waals surface area contributed by atoms with Crippen LogP contribution in [-0.2, 0) is 29.0 Å². The summed E-state index contributed by atoms with van der Waals surface area (Å²) in [4.78, 5) is 20.3. The number of amides is 1. The molecule has 11 heteroatoms. The summed E-state index contributed by atoms with van der Waals surface area (Å²) in [5.41, 5.74) is -3.30. The van der Waals surface area contributed by atoms with Gasteiger partial charge in [0.1, 0.15) is 5.75 Å². The van der Waals surface area contributed by atoms with Crippen molar-refractivity contribution < 1.29 is 35.9 Å². The molecule has 2 aromatic rings.